The summed E-state index contributed by atoms with van der Waals surface area (Å²) in [6.45, 7) is 3.95. The van der Waals surface area contributed by atoms with E-state index in [-0.39, 0.29) is 17.8 Å². The SMILES string of the molecule is CC[C@@H](C)NC(=O)c1cnc(-c2ccc(F)cc2)nc1N(C)C. The summed E-state index contributed by atoms with van der Waals surface area (Å²) >= 11 is 0. The number of hydrogen-bond donors (Lipinski definition) is 1. The molecule has 2 rings (SSSR count). The van der Waals surface area contributed by atoms with Crippen LogP contribution in [-0.4, -0.2) is 36.0 Å². The molecule has 0 aliphatic rings. The van der Waals surface area contributed by atoms with Crippen LogP contribution in [0.2, 0.25) is 0 Å². The highest BCUT2D eigenvalue weighted by molar-refractivity contribution is 5.99. The van der Waals surface area contributed by atoms with Crippen molar-refractivity contribution in [3.63, 3.8) is 0 Å². The minimum absolute atomic E-state index is 0.0780. The maximum atomic E-state index is 13.0. The second-order valence-corrected chi connectivity index (χ2v) is 5.61. The van der Waals surface area contributed by atoms with E-state index < -0.39 is 0 Å². The molecule has 23 heavy (non-hydrogen) atoms. The van der Waals surface area contributed by atoms with Gasteiger partial charge in [0.25, 0.3) is 5.91 Å². The molecule has 0 radical (unpaired) electrons. The average Bonchev–Trinajstić information content (AvgIpc) is 2.54. The number of amides is 1. The van der Waals surface area contributed by atoms with Gasteiger partial charge >= 0.3 is 0 Å². The summed E-state index contributed by atoms with van der Waals surface area (Å²) in [5.41, 5.74) is 1.12. The lowest BCUT2D eigenvalue weighted by Crippen LogP contribution is -2.33. The Hall–Kier alpha value is -2.50. The Kier molecular flexibility index (Phi) is 5.26. The first-order valence-electron chi connectivity index (χ1n) is 7.53. The summed E-state index contributed by atoms with van der Waals surface area (Å²) in [5.74, 6) is 0.466. The van der Waals surface area contributed by atoms with Crippen LogP contribution in [0.5, 0.6) is 0 Å². The smallest absolute Gasteiger partial charge is 0.256 e. The summed E-state index contributed by atoms with van der Waals surface area (Å²) < 4.78 is 13.0. The van der Waals surface area contributed by atoms with E-state index in [9.17, 15) is 9.18 Å². The fourth-order valence-electron chi connectivity index (χ4n) is 2.02. The Morgan fingerprint density at radius 3 is 2.52 bits per heavy atom. The standard InChI is InChI=1S/C17H21FN4O/c1-5-11(2)20-17(23)14-10-19-15(21-16(14)22(3)4)12-6-8-13(18)9-7-12/h6-11H,5H2,1-4H3,(H,20,23)/t11-/m1/s1. The van der Waals surface area contributed by atoms with Crippen LogP contribution in [0.3, 0.4) is 0 Å². The number of hydrogen-bond acceptors (Lipinski definition) is 4. The highest BCUT2D eigenvalue weighted by Gasteiger charge is 2.18. The van der Waals surface area contributed by atoms with Gasteiger partial charge in [0.1, 0.15) is 17.2 Å². The van der Waals surface area contributed by atoms with Crippen LogP contribution < -0.4 is 10.2 Å². The van der Waals surface area contributed by atoms with Crippen LogP contribution in [0.25, 0.3) is 11.4 Å². The molecule has 0 fully saturated rings. The molecule has 5 nitrogen and oxygen atoms in total. The summed E-state index contributed by atoms with van der Waals surface area (Å²) in [5, 5.41) is 2.91. The lowest BCUT2D eigenvalue weighted by molar-refractivity contribution is 0.0939. The number of carbonyl (C=O) groups is 1. The predicted molar refractivity (Wildman–Crippen MR) is 89.0 cm³/mol. The van der Waals surface area contributed by atoms with E-state index >= 15 is 0 Å². The Labute approximate surface area is 135 Å². The molecule has 1 atom stereocenters. The van der Waals surface area contributed by atoms with Crippen LogP contribution in [0.1, 0.15) is 30.6 Å². The molecular formula is C17H21FN4O. The van der Waals surface area contributed by atoms with Gasteiger partial charge in [-0.2, -0.15) is 0 Å². The Bertz CT molecular complexity index is 685. The van der Waals surface area contributed by atoms with E-state index in [0.717, 1.165) is 6.42 Å². The Morgan fingerprint density at radius 1 is 1.30 bits per heavy atom. The van der Waals surface area contributed by atoms with Crippen LogP contribution >= 0.6 is 0 Å². The van der Waals surface area contributed by atoms with E-state index in [1.165, 1.54) is 18.3 Å². The summed E-state index contributed by atoms with van der Waals surface area (Å²) in [6, 6.07) is 6.02. The van der Waals surface area contributed by atoms with E-state index in [1.54, 1.807) is 17.0 Å². The van der Waals surface area contributed by atoms with Crippen molar-refractivity contribution in [3.8, 4) is 11.4 Å². The number of carbonyl (C=O) groups excluding carboxylic acids is 1. The third kappa shape index (κ3) is 4.03. The zero-order valence-electron chi connectivity index (χ0n) is 13.8. The van der Waals surface area contributed by atoms with Crippen molar-refractivity contribution in [2.45, 2.75) is 26.3 Å². The van der Waals surface area contributed by atoms with Crippen molar-refractivity contribution in [2.75, 3.05) is 19.0 Å². The molecule has 1 aromatic carbocycles. The van der Waals surface area contributed by atoms with Gasteiger partial charge in [-0.15, -0.1) is 0 Å². The lowest BCUT2D eigenvalue weighted by Gasteiger charge is -2.18. The second-order valence-electron chi connectivity index (χ2n) is 5.61. The normalized spacial score (nSPS) is 11.9. The van der Waals surface area contributed by atoms with Gasteiger partial charge in [-0.3, -0.25) is 4.79 Å². The Morgan fingerprint density at radius 2 is 1.96 bits per heavy atom. The zero-order chi connectivity index (χ0) is 17.0. The van der Waals surface area contributed by atoms with Gasteiger partial charge in [0.05, 0.1) is 0 Å². The van der Waals surface area contributed by atoms with Crippen molar-refractivity contribution in [3.05, 3.63) is 41.8 Å². The third-order valence-corrected chi connectivity index (χ3v) is 3.53. The molecule has 0 spiro atoms. The largest absolute Gasteiger partial charge is 0.362 e. The molecule has 1 N–H and O–H groups in total. The number of nitrogens with one attached hydrogen (secondary N) is 1. The summed E-state index contributed by atoms with van der Waals surface area (Å²) in [6.07, 6.45) is 2.36. The fraction of sp³-hybridized carbons (Fsp3) is 0.353. The monoisotopic (exact) mass is 316 g/mol. The molecule has 0 saturated heterocycles. The van der Waals surface area contributed by atoms with Gasteiger partial charge < -0.3 is 10.2 Å². The molecule has 1 aromatic heterocycles. The topological polar surface area (TPSA) is 58.1 Å². The van der Waals surface area contributed by atoms with Gasteiger partial charge in [-0.1, -0.05) is 6.92 Å². The minimum Gasteiger partial charge on any atom is -0.362 e. The van der Waals surface area contributed by atoms with E-state index in [4.69, 9.17) is 0 Å². The number of aromatic nitrogens is 2. The van der Waals surface area contributed by atoms with Crippen molar-refractivity contribution in [1.29, 1.82) is 0 Å². The maximum absolute atomic E-state index is 13.0. The molecule has 0 aliphatic carbocycles. The second kappa shape index (κ2) is 7.17. The molecule has 0 saturated carbocycles. The lowest BCUT2D eigenvalue weighted by atomic mass is 10.2. The minimum atomic E-state index is -0.314. The Balaban J connectivity index is 2.38. The van der Waals surface area contributed by atoms with Crippen molar-refractivity contribution in [1.82, 2.24) is 15.3 Å². The maximum Gasteiger partial charge on any atom is 0.256 e. The van der Waals surface area contributed by atoms with Gasteiger partial charge in [0, 0.05) is 31.9 Å². The van der Waals surface area contributed by atoms with Crippen LogP contribution in [0.15, 0.2) is 30.5 Å². The van der Waals surface area contributed by atoms with E-state index in [2.05, 4.69) is 15.3 Å². The first kappa shape index (κ1) is 16.9. The van der Waals surface area contributed by atoms with Crippen molar-refractivity contribution in [2.24, 2.45) is 0 Å². The molecule has 0 bridgehead atoms. The first-order chi connectivity index (χ1) is 10.9. The number of anilines is 1. The number of benzene rings is 1. The molecule has 6 heteroatoms. The van der Waals surface area contributed by atoms with Crippen molar-refractivity contribution >= 4 is 11.7 Å². The molecular weight excluding hydrogens is 295 g/mol. The van der Waals surface area contributed by atoms with Crippen LogP contribution in [0, 0.1) is 5.82 Å². The van der Waals surface area contributed by atoms with Gasteiger partial charge in [0.15, 0.2) is 5.82 Å². The fourth-order valence-corrected chi connectivity index (χ4v) is 2.02. The van der Waals surface area contributed by atoms with Crippen LogP contribution in [-0.2, 0) is 0 Å². The van der Waals surface area contributed by atoms with Gasteiger partial charge in [-0.05, 0) is 37.6 Å². The van der Waals surface area contributed by atoms with Crippen molar-refractivity contribution < 1.29 is 9.18 Å². The van der Waals surface area contributed by atoms with E-state index in [1.807, 2.05) is 27.9 Å². The highest BCUT2D eigenvalue weighted by Crippen LogP contribution is 2.21. The molecule has 0 aliphatic heterocycles. The quantitative estimate of drug-likeness (QED) is 0.921. The molecule has 1 amide bonds. The third-order valence-electron chi connectivity index (χ3n) is 3.53. The molecule has 2 aromatic rings. The highest BCUT2D eigenvalue weighted by atomic mass is 19.1. The molecule has 122 valence electrons. The predicted octanol–water partition coefficient (Wildman–Crippen LogP) is 2.88. The number of rotatable bonds is 5. The molecule has 1 heterocycles. The summed E-state index contributed by atoms with van der Waals surface area (Å²) in [7, 11) is 3.63. The van der Waals surface area contributed by atoms with Gasteiger partial charge in [-0.25, -0.2) is 14.4 Å². The number of nitrogens with zero attached hydrogens (tertiary/aromatic N) is 3. The average molecular weight is 316 g/mol. The number of halogens is 1. The zero-order valence-corrected chi connectivity index (χ0v) is 13.8. The molecule has 0 unspecified atom stereocenters. The first-order valence-corrected chi connectivity index (χ1v) is 7.53. The van der Waals surface area contributed by atoms with Gasteiger partial charge in [0.2, 0.25) is 0 Å². The summed E-state index contributed by atoms with van der Waals surface area (Å²) in [4.78, 5) is 22.8. The van der Waals surface area contributed by atoms with E-state index in [0.29, 0.717) is 22.8 Å². The van der Waals surface area contributed by atoms with Crippen LogP contribution in [0.4, 0.5) is 10.2 Å².